The summed E-state index contributed by atoms with van der Waals surface area (Å²) in [6.45, 7) is 0. The molecule has 1 aromatic carbocycles. The monoisotopic (exact) mass is 260 g/mol. The van der Waals surface area contributed by atoms with E-state index in [4.69, 9.17) is 5.73 Å². The molecular formula is C11H14ClFN2O2. The van der Waals surface area contributed by atoms with Gasteiger partial charge >= 0.3 is 0 Å². The summed E-state index contributed by atoms with van der Waals surface area (Å²) >= 11 is 0. The zero-order chi connectivity index (χ0) is 11.7. The third kappa shape index (κ3) is 3.38. The Labute approximate surface area is 105 Å². The van der Waals surface area contributed by atoms with Gasteiger partial charge in [-0.25, -0.2) is 4.39 Å². The minimum Gasteiger partial charge on any atom is -0.324 e. The van der Waals surface area contributed by atoms with Crippen molar-refractivity contribution in [3.05, 3.63) is 39.7 Å². The lowest BCUT2D eigenvalue weighted by molar-refractivity contribution is -0.385. The zero-order valence-corrected chi connectivity index (χ0v) is 9.95. The van der Waals surface area contributed by atoms with E-state index < -0.39 is 16.8 Å². The van der Waals surface area contributed by atoms with Gasteiger partial charge in [0, 0.05) is 17.7 Å². The topological polar surface area (TPSA) is 69.2 Å². The molecule has 0 aromatic heterocycles. The van der Waals surface area contributed by atoms with Crippen molar-refractivity contribution in [3.8, 4) is 0 Å². The van der Waals surface area contributed by atoms with Crippen molar-refractivity contribution in [2.45, 2.75) is 25.3 Å². The Bertz CT molecular complexity index is 424. The Morgan fingerprint density at radius 3 is 2.71 bits per heavy atom. The number of nitrogens with zero attached hydrogens (tertiary/aromatic N) is 1. The molecule has 1 saturated carbocycles. The summed E-state index contributed by atoms with van der Waals surface area (Å²) in [7, 11) is 0. The molecule has 1 aliphatic rings. The van der Waals surface area contributed by atoms with Crippen LogP contribution in [-0.2, 0) is 0 Å². The van der Waals surface area contributed by atoms with Crippen LogP contribution in [0.3, 0.4) is 0 Å². The molecule has 2 N–H and O–H groups in total. The molecular weight excluding hydrogens is 247 g/mol. The van der Waals surface area contributed by atoms with Crippen molar-refractivity contribution >= 4 is 18.1 Å². The Hall–Kier alpha value is -1.20. The zero-order valence-electron chi connectivity index (χ0n) is 9.14. The summed E-state index contributed by atoms with van der Waals surface area (Å²) in [6.07, 6.45) is 2.94. The molecule has 0 spiro atoms. The molecule has 1 atom stereocenters. The molecule has 1 aliphatic carbocycles. The van der Waals surface area contributed by atoms with Gasteiger partial charge in [-0.05, 0) is 24.5 Å². The summed E-state index contributed by atoms with van der Waals surface area (Å²) in [5.74, 6) is 0.0738. The number of hydrogen-bond acceptors (Lipinski definition) is 3. The highest BCUT2D eigenvalue weighted by molar-refractivity contribution is 5.85. The lowest BCUT2D eigenvalue weighted by atomic mass is 10.0. The van der Waals surface area contributed by atoms with E-state index in [9.17, 15) is 14.5 Å². The number of nitro groups is 1. The minimum atomic E-state index is -0.512. The highest BCUT2D eigenvalue weighted by Crippen LogP contribution is 2.38. The Morgan fingerprint density at radius 2 is 2.18 bits per heavy atom. The van der Waals surface area contributed by atoms with E-state index in [1.807, 2.05) is 0 Å². The number of nitrogens with two attached hydrogens (primary N) is 1. The SMILES string of the molecule is Cl.N[C@H](CC1CC1)c1cc(F)ccc1[N+](=O)[O-]. The fraction of sp³-hybridized carbons (Fsp3) is 0.455. The molecule has 4 nitrogen and oxygen atoms in total. The summed E-state index contributed by atoms with van der Waals surface area (Å²) in [5, 5.41) is 10.8. The van der Waals surface area contributed by atoms with Crippen LogP contribution in [0.15, 0.2) is 18.2 Å². The number of rotatable bonds is 4. The van der Waals surface area contributed by atoms with Crippen LogP contribution < -0.4 is 5.73 Å². The number of halogens is 2. The summed E-state index contributed by atoms with van der Waals surface area (Å²) in [4.78, 5) is 10.3. The predicted octanol–water partition coefficient (Wildman–Crippen LogP) is 2.96. The van der Waals surface area contributed by atoms with E-state index in [0.717, 1.165) is 18.9 Å². The molecule has 1 fully saturated rings. The van der Waals surface area contributed by atoms with E-state index in [1.165, 1.54) is 12.1 Å². The fourth-order valence-corrected chi connectivity index (χ4v) is 1.83. The maximum Gasteiger partial charge on any atom is 0.274 e. The van der Waals surface area contributed by atoms with Crippen molar-refractivity contribution in [2.75, 3.05) is 0 Å². The second kappa shape index (κ2) is 5.42. The van der Waals surface area contributed by atoms with Gasteiger partial charge in [0.25, 0.3) is 5.69 Å². The summed E-state index contributed by atoms with van der Waals surface area (Å²) < 4.78 is 13.0. The van der Waals surface area contributed by atoms with Crippen molar-refractivity contribution in [3.63, 3.8) is 0 Å². The first kappa shape index (κ1) is 13.9. The number of hydrogen-bond donors (Lipinski definition) is 1. The van der Waals surface area contributed by atoms with Crippen LogP contribution in [0, 0.1) is 21.8 Å². The van der Waals surface area contributed by atoms with Gasteiger partial charge in [-0.15, -0.1) is 12.4 Å². The standard InChI is InChI=1S/C11H13FN2O2.ClH/c12-8-3-4-11(14(15)16)9(6-8)10(13)5-7-1-2-7;/h3-4,6-7,10H,1-2,5,13H2;1H/t10-;/m1./s1. The molecule has 94 valence electrons. The van der Waals surface area contributed by atoms with Crippen LogP contribution in [0.2, 0.25) is 0 Å². The highest BCUT2D eigenvalue weighted by Gasteiger charge is 2.28. The minimum absolute atomic E-state index is 0. The van der Waals surface area contributed by atoms with Crippen LogP contribution in [0.1, 0.15) is 30.9 Å². The fourth-order valence-electron chi connectivity index (χ4n) is 1.83. The van der Waals surface area contributed by atoms with Crippen LogP contribution in [0.4, 0.5) is 10.1 Å². The van der Waals surface area contributed by atoms with Crippen molar-refractivity contribution < 1.29 is 9.31 Å². The smallest absolute Gasteiger partial charge is 0.274 e. The van der Waals surface area contributed by atoms with Crippen LogP contribution in [0.25, 0.3) is 0 Å². The molecule has 2 rings (SSSR count). The second-order valence-corrected chi connectivity index (χ2v) is 4.25. The van der Waals surface area contributed by atoms with Crippen molar-refractivity contribution in [1.29, 1.82) is 0 Å². The molecule has 0 saturated heterocycles. The largest absolute Gasteiger partial charge is 0.324 e. The van der Waals surface area contributed by atoms with Gasteiger partial charge in [0.15, 0.2) is 0 Å². The molecule has 0 radical (unpaired) electrons. The Morgan fingerprint density at radius 1 is 1.53 bits per heavy atom. The van der Waals surface area contributed by atoms with Gasteiger partial charge in [-0.2, -0.15) is 0 Å². The van der Waals surface area contributed by atoms with Crippen molar-refractivity contribution in [2.24, 2.45) is 11.7 Å². The molecule has 0 aliphatic heterocycles. The molecule has 0 bridgehead atoms. The molecule has 0 unspecified atom stereocenters. The van der Waals surface area contributed by atoms with Gasteiger partial charge in [-0.3, -0.25) is 10.1 Å². The molecule has 17 heavy (non-hydrogen) atoms. The number of nitro benzene ring substituents is 1. The van der Waals surface area contributed by atoms with Crippen LogP contribution >= 0.6 is 12.4 Å². The third-order valence-electron chi connectivity index (χ3n) is 2.87. The van der Waals surface area contributed by atoms with E-state index in [-0.39, 0.29) is 18.1 Å². The maximum atomic E-state index is 13.0. The quantitative estimate of drug-likeness (QED) is 0.668. The van der Waals surface area contributed by atoms with Gasteiger partial charge in [0.05, 0.1) is 4.92 Å². The predicted molar refractivity (Wildman–Crippen MR) is 64.6 cm³/mol. The average Bonchev–Trinajstić information content (AvgIpc) is 3.01. The number of benzene rings is 1. The second-order valence-electron chi connectivity index (χ2n) is 4.25. The Balaban J connectivity index is 0.00000144. The first-order chi connectivity index (χ1) is 7.58. The van der Waals surface area contributed by atoms with E-state index in [1.54, 1.807) is 0 Å². The third-order valence-corrected chi connectivity index (χ3v) is 2.87. The molecule has 0 heterocycles. The van der Waals surface area contributed by atoms with Crippen LogP contribution in [0.5, 0.6) is 0 Å². The summed E-state index contributed by atoms with van der Waals surface area (Å²) in [6, 6.07) is 3.00. The van der Waals surface area contributed by atoms with E-state index >= 15 is 0 Å². The molecule has 6 heteroatoms. The van der Waals surface area contributed by atoms with Gasteiger partial charge in [0.2, 0.25) is 0 Å². The molecule has 1 aromatic rings. The van der Waals surface area contributed by atoms with E-state index in [2.05, 4.69) is 0 Å². The first-order valence-corrected chi connectivity index (χ1v) is 5.27. The summed E-state index contributed by atoms with van der Waals surface area (Å²) in [5.41, 5.74) is 6.09. The lowest BCUT2D eigenvalue weighted by Crippen LogP contribution is -2.13. The van der Waals surface area contributed by atoms with E-state index in [0.29, 0.717) is 17.9 Å². The van der Waals surface area contributed by atoms with Crippen molar-refractivity contribution in [1.82, 2.24) is 0 Å². The first-order valence-electron chi connectivity index (χ1n) is 5.27. The Kier molecular flexibility index (Phi) is 4.42. The maximum absolute atomic E-state index is 13.0. The normalized spacial score (nSPS) is 16.1. The van der Waals surface area contributed by atoms with Gasteiger partial charge < -0.3 is 5.73 Å². The highest BCUT2D eigenvalue weighted by atomic mass is 35.5. The molecule has 0 amide bonds. The lowest BCUT2D eigenvalue weighted by Gasteiger charge is -2.11. The van der Waals surface area contributed by atoms with Gasteiger partial charge in [-0.1, -0.05) is 12.8 Å². The van der Waals surface area contributed by atoms with Gasteiger partial charge in [0.1, 0.15) is 5.82 Å². The van der Waals surface area contributed by atoms with Crippen LogP contribution in [-0.4, -0.2) is 4.92 Å². The average molecular weight is 261 g/mol.